The van der Waals surface area contributed by atoms with Gasteiger partial charge in [-0.1, -0.05) is 26.2 Å². The van der Waals surface area contributed by atoms with Gasteiger partial charge < -0.3 is 5.32 Å². The van der Waals surface area contributed by atoms with E-state index in [0.29, 0.717) is 17.7 Å². The zero-order valence-electron chi connectivity index (χ0n) is 12.1. The molecule has 108 valence electrons. The summed E-state index contributed by atoms with van der Waals surface area (Å²) in [6.45, 7) is 4.31. The molecular weight excluding hydrogens is 246 g/mol. The number of unbranched alkanes of at least 4 members (excludes halogenated alkanes) is 1. The average molecular weight is 275 g/mol. The molecule has 1 rings (SSSR count). The van der Waals surface area contributed by atoms with E-state index >= 15 is 0 Å². The summed E-state index contributed by atoms with van der Waals surface area (Å²) < 4.78 is 24.5. The van der Waals surface area contributed by atoms with E-state index in [0.717, 1.165) is 38.5 Å². The molecule has 0 amide bonds. The Hall–Kier alpha value is -0.0900. The number of rotatable bonds is 7. The first-order valence-corrected chi connectivity index (χ1v) is 9.06. The van der Waals surface area contributed by atoms with Gasteiger partial charge in [0.05, 0.1) is 11.0 Å². The first-order valence-electron chi connectivity index (χ1n) is 7.34. The molecule has 1 aliphatic rings. The molecular formula is C14H29NO2S. The predicted octanol–water partition coefficient (Wildman–Crippen LogP) is 2.76. The van der Waals surface area contributed by atoms with Crippen LogP contribution in [-0.2, 0) is 9.84 Å². The quantitative estimate of drug-likeness (QED) is 0.727. The van der Waals surface area contributed by atoms with Gasteiger partial charge in [-0.25, -0.2) is 8.42 Å². The number of hydrogen-bond donors (Lipinski definition) is 1. The monoisotopic (exact) mass is 275 g/mol. The van der Waals surface area contributed by atoms with E-state index in [1.165, 1.54) is 6.42 Å². The zero-order valence-corrected chi connectivity index (χ0v) is 12.9. The van der Waals surface area contributed by atoms with Crippen molar-refractivity contribution in [2.75, 3.05) is 12.8 Å². The lowest BCUT2D eigenvalue weighted by molar-refractivity contribution is 0.381. The molecule has 1 aliphatic carbocycles. The molecule has 0 spiro atoms. The average Bonchev–Trinajstić information content (AvgIpc) is 2.34. The highest BCUT2D eigenvalue weighted by Gasteiger charge is 2.29. The summed E-state index contributed by atoms with van der Waals surface area (Å²) in [5.74, 6) is 0.976. The van der Waals surface area contributed by atoms with Gasteiger partial charge in [0.1, 0.15) is 0 Å². The van der Waals surface area contributed by atoms with Gasteiger partial charge in [0.25, 0.3) is 0 Å². The molecule has 0 saturated heterocycles. The van der Waals surface area contributed by atoms with Crippen molar-refractivity contribution in [2.45, 2.75) is 70.1 Å². The number of hydrogen-bond acceptors (Lipinski definition) is 3. The maximum absolute atomic E-state index is 12.2. The maximum atomic E-state index is 12.2. The second kappa shape index (κ2) is 7.49. The molecule has 18 heavy (non-hydrogen) atoms. The molecule has 0 aromatic carbocycles. The lowest BCUT2D eigenvalue weighted by atomic mass is 9.91. The van der Waals surface area contributed by atoms with E-state index in [1.54, 1.807) is 0 Å². The molecule has 0 radical (unpaired) electrons. The van der Waals surface area contributed by atoms with Gasteiger partial charge in [-0.15, -0.1) is 0 Å². The minimum absolute atomic E-state index is 0.0528. The summed E-state index contributed by atoms with van der Waals surface area (Å²) >= 11 is 0. The van der Waals surface area contributed by atoms with Gasteiger partial charge in [0, 0.05) is 6.04 Å². The summed E-state index contributed by atoms with van der Waals surface area (Å²) in [4.78, 5) is 0. The third kappa shape index (κ3) is 5.27. The SMILES string of the molecule is CNC(C)CCCCS(=O)(=O)C1CCCC(C)C1. The van der Waals surface area contributed by atoms with Crippen LogP contribution in [0.4, 0.5) is 0 Å². The Balaban J connectivity index is 2.31. The first-order chi connectivity index (χ1) is 8.45. The summed E-state index contributed by atoms with van der Waals surface area (Å²) in [6.07, 6.45) is 6.94. The van der Waals surface area contributed by atoms with Crippen LogP contribution in [0.2, 0.25) is 0 Å². The Labute approximate surface area is 113 Å². The molecule has 1 N–H and O–H groups in total. The van der Waals surface area contributed by atoms with E-state index in [2.05, 4.69) is 19.2 Å². The van der Waals surface area contributed by atoms with Crippen LogP contribution in [0.15, 0.2) is 0 Å². The largest absolute Gasteiger partial charge is 0.317 e. The van der Waals surface area contributed by atoms with Crippen LogP contribution in [0.3, 0.4) is 0 Å². The van der Waals surface area contributed by atoms with Crippen LogP contribution in [0.1, 0.15) is 58.8 Å². The fraction of sp³-hybridized carbons (Fsp3) is 1.00. The highest BCUT2D eigenvalue weighted by Crippen LogP contribution is 2.29. The van der Waals surface area contributed by atoms with Crippen LogP contribution >= 0.6 is 0 Å². The first kappa shape index (κ1) is 16.0. The molecule has 0 aromatic rings. The minimum Gasteiger partial charge on any atom is -0.317 e. The smallest absolute Gasteiger partial charge is 0.153 e. The molecule has 0 aromatic heterocycles. The van der Waals surface area contributed by atoms with Crippen molar-refractivity contribution in [3.63, 3.8) is 0 Å². The third-order valence-corrected chi connectivity index (χ3v) is 6.51. The molecule has 3 atom stereocenters. The Bertz CT molecular complexity index is 327. The Morgan fingerprint density at radius 3 is 2.61 bits per heavy atom. The highest BCUT2D eigenvalue weighted by atomic mass is 32.2. The lowest BCUT2D eigenvalue weighted by Crippen LogP contribution is -2.29. The van der Waals surface area contributed by atoms with Gasteiger partial charge in [0.2, 0.25) is 0 Å². The van der Waals surface area contributed by atoms with Crippen molar-refractivity contribution in [3.8, 4) is 0 Å². The van der Waals surface area contributed by atoms with Gasteiger partial charge in [-0.3, -0.25) is 0 Å². The molecule has 3 nitrogen and oxygen atoms in total. The fourth-order valence-corrected chi connectivity index (χ4v) is 4.86. The Morgan fingerprint density at radius 1 is 1.28 bits per heavy atom. The Kier molecular flexibility index (Phi) is 6.64. The van der Waals surface area contributed by atoms with Crippen LogP contribution < -0.4 is 5.32 Å². The predicted molar refractivity (Wildman–Crippen MR) is 77.6 cm³/mol. The van der Waals surface area contributed by atoms with Gasteiger partial charge in [0.15, 0.2) is 9.84 Å². The van der Waals surface area contributed by atoms with Crippen LogP contribution in [-0.4, -0.2) is 32.5 Å². The molecule has 0 heterocycles. The maximum Gasteiger partial charge on any atom is 0.153 e. The molecule has 3 unspecified atom stereocenters. The third-order valence-electron chi connectivity index (χ3n) is 4.20. The lowest BCUT2D eigenvalue weighted by Gasteiger charge is -2.26. The normalized spacial score (nSPS) is 27.1. The summed E-state index contributed by atoms with van der Waals surface area (Å²) in [7, 11) is -0.892. The van der Waals surface area contributed by atoms with Crippen molar-refractivity contribution in [1.82, 2.24) is 5.32 Å². The topological polar surface area (TPSA) is 46.2 Å². The summed E-state index contributed by atoms with van der Waals surface area (Å²) in [5, 5.41) is 3.13. The minimum atomic E-state index is -2.84. The van der Waals surface area contributed by atoms with Crippen molar-refractivity contribution >= 4 is 9.84 Å². The van der Waals surface area contributed by atoms with Crippen molar-refractivity contribution in [2.24, 2.45) is 5.92 Å². The number of nitrogens with one attached hydrogen (secondary N) is 1. The van der Waals surface area contributed by atoms with E-state index in [4.69, 9.17) is 0 Å². The van der Waals surface area contributed by atoms with Crippen molar-refractivity contribution < 1.29 is 8.42 Å². The number of sulfone groups is 1. The van der Waals surface area contributed by atoms with Crippen LogP contribution in [0.25, 0.3) is 0 Å². The van der Waals surface area contributed by atoms with Crippen LogP contribution in [0.5, 0.6) is 0 Å². The summed E-state index contributed by atoms with van der Waals surface area (Å²) in [5.41, 5.74) is 0. The molecule has 4 heteroatoms. The van der Waals surface area contributed by atoms with Gasteiger partial charge in [-0.2, -0.15) is 0 Å². The molecule has 0 bridgehead atoms. The van der Waals surface area contributed by atoms with Crippen molar-refractivity contribution in [3.05, 3.63) is 0 Å². The summed E-state index contributed by atoms with van der Waals surface area (Å²) in [6, 6.07) is 0.488. The second-order valence-corrected chi connectivity index (χ2v) is 8.35. The fourth-order valence-electron chi connectivity index (χ4n) is 2.77. The van der Waals surface area contributed by atoms with Gasteiger partial charge >= 0.3 is 0 Å². The van der Waals surface area contributed by atoms with E-state index in [1.807, 2.05) is 7.05 Å². The van der Waals surface area contributed by atoms with Crippen molar-refractivity contribution in [1.29, 1.82) is 0 Å². The second-order valence-electron chi connectivity index (χ2n) is 5.95. The zero-order chi connectivity index (χ0) is 13.6. The molecule has 1 saturated carbocycles. The standard InChI is InChI=1S/C14H29NO2S/c1-12-7-6-9-14(11-12)18(16,17)10-5-4-8-13(2)15-3/h12-15H,4-11H2,1-3H3. The van der Waals surface area contributed by atoms with E-state index in [-0.39, 0.29) is 5.25 Å². The Morgan fingerprint density at radius 2 is 2.00 bits per heavy atom. The van der Waals surface area contributed by atoms with Crippen LogP contribution in [0, 0.1) is 5.92 Å². The molecule has 1 fully saturated rings. The van der Waals surface area contributed by atoms with E-state index in [9.17, 15) is 8.42 Å². The van der Waals surface area contributed by atoms with Gasteiger partial charge in [-0.05, 0) is 45.6 Å². The van der Waals surface area contributed by atoms with E-state index < -0.39 is 9.84 Å². The molecule has 0 aliphatic heterocycles. The highest BCUT2D eigenvalue weighted by molar-refractivity contribution is 7.92.